The van der Waals surface area contributed by atoms with Gasteiger partial charge in [0.2, 0.25) is 5.91 Å². The second kappa shape index (κ2) is 7.97. The summed E-state index contributed by atoms with van der Waals surface area (Å²) in [4.78, 5) is 35.7. The summed E-state index contributed by atoms with van der Waals surface area (Å²) in [6, 6.07) is 16.4. The summed E-state index contributed by atoms with van der Waals surface area (Å²) in [6.45, 7) is 0.814. The predicted molar refractivity (Wildman–Crippen MR) is 117 cm³/mol. The second-order valence-corrected chi connectivity index (χ2v) is 9.11. The van der Waals surface area contributed by atoms with Crippen LogP contribution < -0.4 is 10.6 Å². The Hall–Kier alpha value is -3.35. The molecule has 2 amide bonds. The Morgan fingerprint density at radius 1 is 0.969 bits per heavy atom. The van der Waals surface area contributed by atoms with Gasteiger partial charge in [0.1, 0.15) is 6.61 Å². The van der Waals surface area contributed by atoms with Crippen LogP contribution in [-0.4, -0.2) is 42.8 Å². The number of fused-ring (bicyclic) bond motifs is 3. The third-order valence-corrected chi connectivity index (χ3v) is 7.02. The number of carbonyl (C=O) groups is 3. The van der Waals surface area contributed by atoms with Crippen LogP contribution in [0.1, 0.15) is 36.3 Å². The van der Waals surface area contributed by atoms with Gasteiger partial charge in [-0.25, -0.2) is 4.79 Å². The molecule has 166 valence electrons. The molecule has 2 fully saturated rings. The van der Waals surface area contributed by atoms with Gasteiger partial charge >= 0.3 is 12.1 Å². The lowest BCUT2D eigenvalue weighted by Gasteiger charge is -2.14. The smallest absolute Gasteiger partial charge is 0.407 e. The maximum atomic E-state index is 12.3. The first-order valence-corrected chi connectivity index (χ1v) is 11.1. The second-order valence-electron chi connectivity index (χ2n) is 9.11. The van der Waals surface area contributed by atoms with E-state index in [-0.39, 0.29) is 36.8 Å². The van der Waals surface area contributed by atoms with E-state index in [9.17, 15) is 19.5 Å². The lowest BCUT2D eigenvalue weighted by Crippen LogP contribution is -2.36. The van der Waals surface area contributed by atoms with Gasteiger partial charge in [-0.05, 0) is 47.4 Å². The Labute approximate surface area is 186 Å². The van der Waals surface area contributed by atoms with Gasteiger partial charge in [-0.3, -0.25) is 9.59 Å². The highest BCUT2D eigenvalue weighted by Crippen LogP contribution is 2.46. The monoisotopic (exact) mass is 434 g/mol. The summed E-state index contributed by atoms with van der Waals surface area (Å²) in [5.41, 5.74) is 3.92. The first-order valence-electron chi connectivity index (χ1n) is 11.1. The molecule has 3 aliphatic rings. The van der Waals surface area contributed by atoms with Crippen LogP contribution in [0.15, 0.2) is 48.5 Å². The molecule has 3 aliphatic carbocycles. The summed E-state index contributed by atoms with van der Waals surface area (Å²) in [6.07, 6.45) is 1.43. The van der Waals surface area contributed by atoms with Crippen LogP contribution in [-0.2, 0) is 14.3 Å². The van der Waals surface area contributed by atoms with E-state index in [2.05, 4.69) is 34.9 Å². The molecule has 7 nitrogen and oxygen atoms in total. The van der Waals surface area contributed by atoms with Crippen LogP contribution in [0.2, 0.25) is 0 Å². The average molecular weight is 434 g/mol. The number of amides is 2. The van der Waals surface area contributed by atoms with E-state index in [1.54, 1.807) is 0 Å². The van der Waals surface area contributed by atoms with Crippen LogP contribution in [0.5, 0.6) is 0 Å². The van der Waals surface area contributed by atoms with E-state index < -0.39 is 17.5 Å². The van der Waals surface area contributed by atoms with Crippen molar-refractivity contribution in [2.24, 2.45) is 17.3 Å². The minimum atomic E-state index is -0.845. The molecule has 2 saturated carbocycles. The molecule has 0 heterocycles. The molecule has 7 heteroatoms. The summed E-state index contributed by atoms with van der Waals surface area (Å²) < 4.78 is 5.52. The van der Waals surface area contributed by atoms with Crippen molar-refractivity contribution >= 4 is 18.0 Å². The highest BCUT2D eigenvalue weighted by molar-refractivity contribution is 5.84. The van der Waals surface area contributed by atoms with E-state index in [1.165, 1.54) is 11.1 Å². The molecule has 0 radical (unpaired) electrons. The predicted octanol–water partition coefficient (Wildman–Crippen LogP) is 3.14. The van der Waals surface area contributed by atoms with Gasteiger partial charge in [-0.2, -0.15) is 0 Å². The third kappa shape index (κ3) is 3.83. The first kappa shape index (κ1) is 20.5. The number of carboxylic acid groups (broad SMARTS) is 1. The van der Waals surface area contributed by atoms with Crippen molar-refractivity contribution in [2.75, 3.05) is 19.7 Å². The highest BCUT2D eigenvalue weighted by Gasteiger charge is 2.51. The van der Waals surface area contributed by atoms with Crippen molar-refractivity contribution in [1.82, 2.24) is 10.6 Å². The van der Waals surface area contributed by atoms with E-state index in [0.717, 1.165) is 11.1 Å². The zero-order chi connectivity index (χ0) is 22.3. The fourth-order valence-corrected chi connectivity index (χ4v) is 4.66. The number of alkyl carbamates (subject to hydrolysis) is 1. The summed E-state index contributed by atoms with van der Waals surface area (Å²) in [7, 11) is 0. The van der Waals surface area contributed by atoms with E-state index in [0.29, 0.717) is 25.8 Å². The maximum absolute atomic E-state index is 12.3. The minimum Gasteiger partial charge on any atom is -0.481 e. The molecule has 0 aliphatic heterocycles. The molecule has 5 rings (SSSR count). The van der Waals surface area contributed by atoms with Crippen LogP contribution in [0.4, 0.5) is 4.79 Å². The van der Waals surface area contributed by atoms with Crippen molar-refractivity contribution in [3.8, 4) is 11.1 Å². The van der Waals surface area contributed by atoms with Gasteiger partial charge in [-0.1, -0.05) is 48.5 Å². The summed E-state index contributed by atoms with van der Waals surface area (Å²) in [5.74, 6) is -1.07. The number of nitrogens with one attached hydrogen (secondary N) is 2. The molecular formula is C25H26N2O5. The van der Waals surface area contributed by atoms with Gasteiger partial charge in [-0.15, -0.1) is 0 Å². The first-order chi connectivity index (χ1) is 15.5. The quantitative estimate of drug-likeness (QED) is 0.592. The number of hydrogen-bond acceptors (Lipinski definition) is 4. The van der Waals surface area contributed by atoms with Crippen molar-refractivity contribution in [1.29, 1.82) is 0 Å². The van der Waals surface area contributed by atoms with E-state index in [4.69, 9.17) is 4.74 Å². The average Bonchev–Trinajstić information content (AvgIpc) is 3.72. The SMILES string of the molecule is O=C(NCC1CC1C(=O)NCC1(C(=O)O)CC1)OCC1c2ccccc2-c2ccccc21. The van der Waals surface area contributed by atoms with Gasteiger partial charge in [0, 0.05) is 24.9 Å². The lowest BCUT2D eigenvalue weighted by molar-refractivity contribution is -0.143. The summed E-state index contributed by atoms with van der Waals surface area (Å²) in [5, 5.41) is 14.7. The third-order valence-electron chi connectivity index (χ3n) is 7.02. The molecule has 2 aromatic rings. The number of aliphatic carboxylic acids is 1. The van der Waals surface area contributed by atoms with Gasteiger partial charge in [0.05, 0.1) is 5.41 Å². The van der Waals surface area contributed by atoms with Gasteiger partial charge < -0.3 is 20.5 Å². The Morgan fingerprint density at radius 2 is 1.59 bits per heavy atom. The number of benzene rings is 2. The van der Waals surface area contributed by atoms with Crippen molar-refractivity contribution < 1.29 is 24.2 Å². The molecule has 0 saturated heterocycles. The topological polar surface area (TPSA) is 105 Å². The van der Waals surface area contributed by atoms with E-state index in [1.807, 2.05) is 24.3 Å². The Morgan fingerprint density at radius 3 is 2.19 bits per heavy atom. The fourth-order valence-electron chi connectivity index (χ4n) is 4.66. The Balaban J connectivity index is 1.08. The van der Waals surface area contributed by atoms with E-state index >= 15 is 0 Å². The molecule has 0 spiro atoms. The van der Waals surface area contributed by atoms with Crippen LogP contribution >= 0.6 is 0 Å². The minimum absolute atomic E-state index is 0.0107. The van der Waals surface area contributed by atoms with Crippen LogP contribution in [0.25, 0.3) is 11.1 Å². The Kier molecular flexibility index (Phi) is 5.12. The molecule has 0 bridgehead atoms. The number of hydrogen-bond donors (Lipinski definition) is 3. The molecule has 2 atom stereocenters. The maximum Gasteiger partial charge on any atom is 0.407 e. The fraction of sp³-hybridized carbons (Fsp3) is 0.400. The normalized spacial score (nSPS) is 21.8. The molecule has 2 aromatic carbocycles. The largest absolute Gasteiger partial charge is 0.481 e. The molecule has 0 aromatic heterocycles. The zero-order valence-corrected chi connectivity index (χ0v) is 17.7. The van der Waals surface area contributed by atoms with Crippen LogP contribution in [0.3, 0.4) is 0 Å². The molecule has 3 N–H and O–H groups in total. The Bertz CT molecular complexity index is 1030. The lowest BCUT2D eigenvalue weighted by atomic mass is 9.98. The van der Waals surface area contributed by atoms with Crippen molar-refractivity contribution in [3.05, 3.63) is 59.7 Å². The molecule has 2 unspecified atom stereocenters. The summed E-state index contributed by atoms with van der Waals surface area (Å²) >= 11 is 0. The van der Waals surface area contributed by atoms with Gasteiger partial charge in [0.25, 0.3) is 0 Å². The van der Waals surface area contributed by atoms with Crippen molar-refractivity contribution in [3.63, 3.8) is 0 Å². The highest BCUT2D eigenvalue weighted by atomic mass is 16.5. The number of carboxylic acids is 1. The van der Waals surface area contributed by atoms with Gasteiger partial charge in [0.15, 0.2) is 0 Å². The van der Waals surface area contributed by atoms with Crippen LogP contribution in [0, 0.1) is 17.3 Å². The zero-order valence-electron chi connectivity index (χ0n) is 17.7. The van der Waals surface area contributed by atoms with Crippen molar-refractivity contribution in [2.45, 2.75) is 25.2 Å². The number of carbonyl (C=O) groups excluding carboxylic acids is 2. The number of rotatable bonds is 8. The molecular weight excluding hydrogens is 408 g/mol. The number of ether oxygens (including phenoxy) is 1. The molecule has 32 heavy (non-hydrogen) atoms. The standard InChI is InChI=1S/C25H26N2O5/c28-22(27-14-25(9-10-25)23(29)30)20-11-15(20)12-26-24(31)32-13-21-18-7-3-1-5-16(18)17-6-2-4-8-19(17)21/h1-8,15,20-21H,9-14H2,(H,26,31)(H,27,28)(H,29,30).